The Labute approximate surface area is 77.8 Å². The van der Waals surface area contributed by atoms with E-state index in [0.717, 1.165) is 18.7 Å². The number of hydrogen-bond donors (Lipinski definition) is 1. The third kappa shape index (κ3) is 1.92. The van der Waals surface area contributed by atoms with Crippen LogP contribution in [0.2, 0.25) is 0 Å². The van der Waals surface area contributed by atoms with Crippen molar-refractivity contribution in [3.8, 4) is 0 Å². The molecule has 0 bridgehead atoms. The van der Waals surface area contributed by atoms with Gasteiger partial charge in [0.15, 0.2) is 0 Å². The quantitative estimate of drug-likeness (QED) is 0.627. The van der Waals surface area contributed by atoms with Gasteiger partial charge in [0.05, 0.1) is 0 Å². The second kappa shape index (κ2) is 3.16. The summed E-state index contributed by atoms with van der Waals surface area (Å²) in [6, 6.07) is 0. The number of H-pyrrole nitrogens is 1. The highest BCUT2D eigenvalue weighted by Gasteiger charge is 2.33. The zero-order valence-electron chi connectivity index (χ0n) is 7.91. The predicted octanol–water partition coefficient (Wildman–Crippen LogP) is 0.178. The van der Waals surface area contributed by atoms with Gasteiger partial charge in [0, 0.05) is 36.5 Å². The van der Waals surface area contributed by atoms with E-state index in [1.807, 2.05) is 0 Å². The van der Waals surface area contributed by atoms with Gasteiger partial charge >= 0.3 is 7.12 Å². The Hall–Kier alpha value is -0.805. The maximum Gasteiger partial charge on any atom is 0.497 e. The van der Waals surface area contributed by atoms with E-state index in [-0.39, 0.29) is 12.5 Å². The van der Waals surface area contributed by atoms with Gasteiger partial charge in [-0.05, 0) is 0 Å². The Kier molecular flexibility index (Phi) is 2.13. The fraction of sp³-hybridized carbons (Fsp3) is 0.625. The van der Waals surface area contributed by atoms with Crippen molar-refractivity contribution in [3.05, 3.63) is 12.4 Å². The van der Waals surface area contributed by atoms with Crippen LogP contribution in [0.3, 0.4) is 0 Å². The van der Waals surface area contributed by atoms with Gasteiger partial charge in [-0.1, -0.05) is 13.8 Å². The van der Waals surface area contributed by atoms with Gasteiger partial charge in [-0.25, -0.2) is 0 Å². The Morgan fingerprint density at radius 2 is 2.15 bits per heavy atom. The van der Waals surface area contributed by atoms with Crippen molar-refractivity contribution in [1.29, 1.82) is 0 Å². The number of nitrogens with one attached hydrogen (secondary N) is 1. The van der Waals surface area contributed by atoms with Crippen LogP contribution in [0.4, 0.5) is 0 Å². The van der Waals surface area contributed by atoms with Crippen LogP contribution in [-0.2, 0) is 9.31 Å². The number of nitrogens with zero attached hydrogens (tertiary/aromatic N) is 1. The molecule has 0 aliphatic carbocycles. The average molecular weight is 180 g/mol. The number of aromatic nitrogens is 2. The molecule has 0 aromatic carbocycles. The molecule has 0 spiro atoms. The number of hydrogen-bond acceptors (Lipinski definition) is 3. The summed E-state index contributed by atoms with van der Waals surface area (Å²) in [5.41, 5.74) is 1.08. The molecular weight excluding hydrogens is 167 g/mol. The Morgan fingerprint density at radius 1 is 1.46 bits per heavy atom. The lowest BCUT2D eigenvalue weighted by Gasteiger charge is -2.32. The van der Waals surface area contributed by atoms with E-state index in [0.29, 0.717) is 0 Å². The van der Waals surface area contributed by atoms with E-state index in [1.54, 1.807) is 12.4 Å². The molecule has 70 valence electrons. The van der Waals surface area contributed by atoms with Gasteiger partial charge in [-0.3, -0.25) is 5.10 Å². The molecule has 1 aromatic heterocycles. The minimum Gasteiger partial charge on any atom is -0.407 e. The molecule has 0 atom stereocenters. The summed E-state index contributed by atoms with van der Waals surface area (Å²) in [6.07, 6.45) is 3.52. The smallest absolute Gasteiger partial charge is 0.407 e. The van der Waals surface area contributed by atoms with Gasteiger partial charge in [0.1, 0.15) is 0 Å². The largest absolute Gasteiger partial charge is 0.497 e. The van der Waals surface area contributed by atoms with E-state index in [2.05, 4.69) is 24.0 Å². The van der Waals surface area contributed by atoms with Gasteiger partial charge in [-0.2, -0.15) is 5.10 Å². The van der Waals surface area contributed by atoms with Crippen LogP contribution in [0.5, 0.6) is 0 Å². The van der Waals surface area contributed by atoms with E-state index >= 15 is 0 Å². The first-order valence-corrected chi connectivity index (χ1v) is 4.39. The normalized spacial score (nSPS) is 21.8. The SMILES string of the molecule is CC1(C)COB(c2cn[nH]c2)OC1. The highest BCUT2D eigenvalue weighted by molar-refractivity contribution is 6.61. The molecule has 13 heavy (non-hydrogen) atoms. The molecule has 0 unspecified atom stereocenters. The molecule has 5 heteroatoms. The van der Waals surface area contributed by atoms with Crippen molar-refractivity contribution in [3.63, 3.8) is 0 Å². The third-order valence-corrected chi connectivity index (χ3v) is 2.04. The lowest BCUT2D eigenvalue weighted by molar-refractivity contribution is 0.0343. The van der Waals surface area contributed by atoms with Crippen LogP contribution in [0.1, 0.15) is 13.8 Å². The molecule has 1 fully saturated rings. The summed E-state index contributed by atoms with van der Waals surface area (Å²) in [7, 11) is -0.244. The maximum absolute atomic E-state index is 5.56. The first kappa shape index (κ1) is 8.78. The third-order valence-electron chi connectivity index (χ3n) is 2.04. The van der Waals surface area contributed by atoms with Crippen LogP contribution < -0.4 is 5.46 Å². The molecule has 2 rings (SSSR count). The summed E-state index contributed by atoms with van der Waals surface area (Å²) in [5.74, 6) is 0. The highest BCUT2D eigenvalue weighted by Crippen LogP contribution is 2.20. The Balaban J connectivity index is 1.99. The number of aromatic amines is 1. The summed E-state index contributed by atoms with van der Waals surface area (Å²) < 4.78 is 11.1. The molecule has 4 nitrogen and oxygen atoms in total. The lowest BCUT2D eigenvalue weighted by atomic mass is 9.78. The fourth-order valence-corrected chi connectivity index (χ4v) is 1.27. The molecule has 0 amide bonds. The summed E-state index contributed by atoms with van der Waals surface area (Å²) in [4.78, 5) is 0. The van der Waals surface area contributed by atoms with Crippen molar-refractivity contribution in [2.75, 3.05) is 13.2 Å². The Bertz CT molecular complexity index is 264. The predicted molar refractivity (Wildman–Crippen MR) is 49.7 cm³/mol. The standard InChI is InChI=1S/C8H13BN2O2/c1-8(2)5-12-9(13-6-8)7-3-10-11-4-7/h3-4H,5-6H2,1-2H3,(H,10,11). The maximum atomic E-state index is 5.56. The molecule has 0 radical (unpaired) electrons. The summed E-state index contributed by atoms with van der Waals surface area (Å²) >= 11 is 0. The molecule has 0 saturated carbocycles. The molecule has 2 heterocycles. The molecule has 1 aromatic rings. The molecular formula is C8H13BN2O2. The zero-order chi connectivity index (χ0) is 9.31. The summed E-state index contributed by atoms with van der Waals surface area (Å²) in [6.45, 7) is 5.70. The zero-order valence-corrected chi connectivity index (χ0v) is 7.91. The van der Waals surface area contributed by atoms with E-state index in [9.17, 15) is 0 Å². The first-order valence-electron chi connectivity index (χ1n) is 4.39. The van der Waals surface area contributed by atoms with Crippen LogP contribution in [0.15, 0.2) is 12.4 Å². The van der Waals surface area contributed by atoms with Crippen LogP contribution in [-0.4, -0.2) is 30.5 Å². The molecule has 1 N–H and O–H groups in total. The monoisotopic (exact) mass is 180 g/mol. The van der Waals surface area contributed by atoms with E-state index < -0.39 is 0 Å². The van der Waals surface area contributed by atoms with Crippen molar-refractivity contribution in [1.82, 2.24) is 10.2 Å². The van der Waals surface area contributed by atoms with Gasteiger partial charge < -0.3 is 9.31 Å². The average Bonchev–Trinajstić information content (AvgIpc) is 2.56. The van der Waals surface area contributed by atoms with Crippen LogP contribution in [0, 0.1) is 5.41 Å². The van der Waals surface area contributed by atoms with Gasteiger partial charge in [0.25, 0.3) is 0 Å². The Morgan fingerprint density at radius 3 is 2.69 bits per heavy atom. The van der Waals surface area contributed by atoms with Crippen LogP contribution in [0.25, 0.3) is 0 Å². The first-order chi connectivity index (χ1) is 6.17. The molecule has 1 saturated heterocycles. The topological polar surface area (TPSA) is 47.1 Å². The van der Waals surface area contributed by atoms with Gasteiger partial charge in [-0.15, -0.1) is 0 Å². The summed E-state index contributed by atoms with van der Waals surface area (Å²) in [5, 5.41) is 6.59. The van der Waals surface area contributed by atoms with Gasteiger partial charge in [0.2, 0.25) is 0 Å². The van der Waals surface area contributed by atoms with Crippen molar-refractivity contribution >= 4 is 12.6 Å². The van der Waals surface area contributed by atoms with Crippen molar-refractivity contribution < 1.29 is 9.31 Å². The second-order valence-electron chi connectivity index (χ2n) is 4.15. The van der Waals surface area contributed by atoms with E-state index in [1.165, 1.54) is 0 Å². The highest BCUT2D eigenvalue weighted by atomic mass is 16.6. The molecule has 1 aliphatic rings. The molecule has 1 aliphatic heterocycles. The minimum absolute atomic E-state index is 0.125. The van der Waals surface area contributed by atoms with Crippen molar-refractivity contribution in [2.24, 2.45) is 5.41 Å². The van der Waals surface area contributed by atoms with Crippen LogP contribution >= 0.6 is 0 Å². The minimum atomic E-state index is -0.244. The van der Waals surface area contributed by atoms with E-state index in [4.69, 9.17) is 9.31 Å². The van der Waals surface area contributed by atoms with Crippen molar-refractivity contribution in [2.45, 2.75) is 13.8 Å². The lowest BCUT2D eigenvalue weighted by Crippen LogP contribution is -2.47. The number of rotatable bonds is 1. The fourth-order valence-electron chi connectivity index (χ4n) is 1.27. The second-order valence-corrected chi connectivity index (χ2v) is 4.15.